The van der Waals surface area contributed by atoms with E-state index >= 15 is 0 Å². The lowest BCUT2D eigenvalue weighted by Crippen LogP contribution is -2.53. The zero-order valence-corrected chi connectivity index (χ0v) is 23.1. The summed E-state index contributed by atoms with van der Waals surface area (Å²) in [5.74, 6) is 2.38. The van der Waals surface area contributed by atoms with Gasteiger partial charge in [0.15, 0.2) is 0 Å². The summed E-state index contributed by atoms with van der Waals surface area (Å²) in [4.78, 5) is 19.1. The van der Waals surface area contributed by atoms with Gasteiger partial charge in [-0.2, -0.15) is 0 Å². The number of carbonyl (C=O) groups is 1. The second kappa shape index (κ2) is 10.8. The molecule has 1 aliphatic carbocycles. The Hall–Kier alpha value is -3.67. The molecule has 0 bridgehead atoms. The van der Waals surface area contributed by atoms with Gasteiger partial charge in [-0.3, -0.25) is 4.79 Å². The number of fused-ring (bicyclic) bond motifs is 2. The Morgan fingerprint density at radius 1 is 0.821 bits per heavy atom. The number of benzene rings is 3. The van der Waals surface area contributed by atoms with E-state index in [9.17, 15) is 4.79 Å². The van der Waals surface area contributed by atoms with Crippen LogP contribution < -0.4 is 19.1 Å². The summed E-state index contributed by atoms with van der Waals surface area (Å²) in [5, 5.41) is 0. The maximum Gasteiger partial charge on any atom is 0.229 e. The molecule has 3 aliphatic rings. The van der Waals surface area contributed by atoms with E-state index < -0.39 is 0 Å². The number of hydrogen-bond donors (Lipinski definition) is 0. The van der Waals surface area contributed by atoms with Crippen molar-refractivity contribution in [1.29, 1.82) is 0 Å². The average Bonchev–Trinajstić information content (AvgIpc) is 3.31. The Bertz CT molecular complexity index is 1320. The van der Waals surface area contributed by atoms with E-state index in [1.54, 1.807) is 21.3 Å². The number of hydrogen-bond acceptors (Lipinski definition) is 5. The van der Waals surface area contributed by atoms with Gasteiger partial charge in [-0.1, -0.05) is 49.6 Å². The van der Waals surface area contributed by atoms with E-state index in [0.717, 1.165) is 22.8 Å². The highest BCUT2D eigenvalue weighted by Gasteiger charge is 2.53. The van der Waals surface area contributed by atoms with E-state index in [2.05, 4.69) is 46.2 Å². The maximum atomic E-state index is 14.4. The van der Waals surface area contributed by atoms with E-state index in [0.29, 0.717) is 19.1 Å². The summed E-state index contributed by atoms with van der Waals surface area (Å²) in [6.45, 7) is 1.22. The third-order valence-corrected chi connectivity index (χ3v) is 8.98. The molecule has 0 N–H and O–H groups in total. The van der Waals surface area contributed by atoms with Crippen LogP contribution in [0.25, 0.3) is 0 Å². The van der Waals surface area contributed by atoms with Crippen molar-refractivity contribution >= 4 is 11.6 Å². The summed E-state index contributed by atoms with van der Waals surface area (Å²) in [6.07, 6.45) is 6.18. The summed E-state index contributed by atoms with van der Waals surface area (Å²) in [7, 11) is 5.01. The van der Waals surface area contributed by atoms with Crippen LogP contribution in [0.2, 0.25) is 0 Å². The van der Waals surface area contributed by atoms with Crippen molar-refractivity contribution in [3.8, 4) is 17.2 Å². The van der Waals surface area contributed by atoms with Crippen LogP contribution in [0.5, 0.6) is 17.2 Å². The molecule has 39 heavy (non-hydrogen) atoms. The number of amides is 1. The fourth-order valence-corrected chi connectivity index (χ4v) is 7.14. The van der Waals surface area contributed by atoms with Gasteiger partial charge in [0.25, 0.3) is 0 Å². The normalized spacial score (nSPS) is 22.8. The number of ether oxygens (including phenoxy) is 3. The third kappa shape index (κ3) is 4.60. The van der Waals surface area contributed by atoms with Crippen LogP contribution in [-0.4, -0.2) is 50.8 Å². The van der Waals surface area contributed by atoms with Crippen LogP contribution in [0.3, 0.4) is 0 Å². The Kier molecular flexibility index (Phi) is 7.11. The number of rotatable bonds is 7. The van der Waals surface area contributed by atoms with Crippen molar-refractivity contribution in [2.75, 3.05) is 32.8 Å². The van der Waals surface area contributed by atoms with Crippen molar-refractivity contribution in [1.82, 2.24) is 4.90 Å². The molecule has 6 rings (SSSR count). The van der Waals surface area contributed by atoms with Crippen LogP contribution in [0.4, 0.5) is 5.69 Å². The van der Waals surface area contributed by atoms with Crippen molar-refractivity contribution in [3.05, 3.63) is 83.4 Å². The largest absolute Gasteiger partial charge is 0.497 e. The minimum atomic E-state index is -0.153. The molecule has 0 unspecified atom stereocenters. The van der Waals surface area contributed by atoms with Gasteiger partial charge in [0.05, 0.1) is 33.3 Å². The molecule has 2 heterocycles. The molecule has 1 saturated heterocycles. The molecule has 3 atom stereocenters. The van der Waals surface area contributed by atoms with Gasteiger partial charge in [-0.05, 0) is 54.3 Å². The maximum absolute atomic E-state index is 14.4. The predicted octanol–water partition coefficient (Wildman–Crippen LogP) is 6.02. The van der Waals surface area contributed by atoms with Gasteiger partial charge in [0.1, 0.15) is 17.2 Å². The Labute approximate surface area is 231 Å². The number of nitrogens with zero attached hydrogens (tertiary/aromatic N) is 2. The zero-order valence-electron chi connectivity index (χ0n) is 23.1. The second-order valence-corrected chi connectivity index (χ2v) is 11.0. The minimum Gasteiger partial charge on any atom is -0.497 e. The van der Waals surface area contributed by atoms with Crippen LogP contribution in [0, 0.1) is 5.92 Å². The highest BCUT2D eigenvalue weighted by Crippen LogP contribution is 2.51. The number of carbonyl (C=O) groups excluding carboxylic acids is 1. The topological polar surface area (TPSA) is 51.2 Å². The van der Waals surface area contributed by atoms with Gasteiger partial charge >= 0.3 is 0 Å². The molecule has 204 valence electrons. The minimum absolute atomic E-state index is 0.00721. The van der Waals surface area contributed by atoms with Crippen molar-refractivity contribution in [2.45, 2.75) is 56.7 Å². The molecule has 3 aromatic carbocycles. The zero-order chi connectivity index (χ0) is 26.9. The van der Waals surface area contributed by atoms with Gasteiger partial charge < -0.3 is 24.0 Å². The van der Waals surface area contributed by atoms with Gasteiger partial charge in [-0.25, -0.2) is 0 Å². The lowest BCUT2D eigenvalue weighted by Gasteiger charge is -2.48. The standard InChI is InChI=1S/C33H38N2O4/c1-37-25-16-13-22(14-17-25)31-27-11-7-8-12-28(27)35(24-9-5-4-6-10-24)29-21-34(33(36)32(29)31)20-23-15-18-26(38-2)19-30(23)39-3/h7-8,11-19,24,29,31-32H,4-6,9-10,20-21H2,1-3H3/t29-,31-,32-/m1/s1. The van der Waals surface area contributed by atoms with Crippen molar-refractivity contribution < 1.29 is 19.0 Å². The summed E-state index contributed by atoms with van der Waals surface area (Å²) < 4.78 is 16.5. The SMILES string of the molecule is COc1ccc([C@@H]2c3ccccc3N(C3CCCCC3)[C@@H]3CN(Cc4ccc(OC)cc4OC)C(=O)[C@@H]23)cc1. The molecular formula is C33H38N2O4. The van der Waals surface area contributed by atoms with E-state index in [1.165, 1.54) is 48.9 Å². The lowest BCUT2D eigenvalue weighted by molar-refractivity contribution is -0.132. The quantitative estimate of drug-likeness (QED) is 0.377. The summed E-state index contributed by atoms with van der Waals surface area (Å²) in [6, 6.07) is 23.5. The van der Waals surface area contributed by atoms with Crippen LogP contribution in [-0.2, 0) is 11.3 Å². The molecule has 2 fully saturated rings. The van der Waals surface area contributed by atoms with Gasteiger partial charge in [0, 0.05) is 42.4 Å². The first-order valence-electron chi connectivity index (χ1n) is 14.1. The summed E-state index contributed by atoms with van der Waals surface area (Å²) in [5.41, 5.74) is 4.71. The van der Waals surface area contributed by atoms with E-state index in [1.807, 2.05) is 30.3 Å². The highest BCUT2D eigenvalue weighted by atomic mass is 16.5. The number of para-hydroxylation sites is 1. The third-order valence-electron chi connectivity index (χ3n) is 8.98. The van der Waals surface area contributed by atoms with Crippen molar-refractivity contribution in [3.63, 3.8) is 0 Å². The monoisotopic (exact) mass is 526 g/mol. The van der Waals surface area contributed by atoms with E-state index in [4.69, 9.17) is 14.2 Å². The molecule has 1 amide bonds. The molecule has 1 saturated carbocycles. The number of methoxy groups -OCH3 is 3. The predicted molar refractivity (Wildman–Crippen MR) is 153 cm³/mol. The fraction of sp³-hybridized carbons (Fsp3) is 0.424. The molecule has 0 radical (unpaired) electrons. The molecule has 6 nitrogen and oxygen atoms in total. The van der Waals surface area contributed by atoms with Crippen LogP contribution in [0.1, 0.15) is 54.7 Å². The van der Waals surface area contributed by atoms with Crippen molar-refractivity contribution in [2.24, 2.45) is 5.92 Å². The number of anilines is 1. The first-order valence-corrected chi connectivity index (χ1v) is 14.1. The molecule has 0 spiro atoms. The Morgan fingerprint density at radius 2 is 1.54 bits per heavy atom. The van der Waals surface area contributed by atoms with Crippen LogP contribution >= 0.6 is 0 Å². The molecular weight excluding hydrogens is 488 g/mol. The molecule has 0 aromatic heterocycles. The molecule has 3 aromatic rings. The van der Waals surface area contributed by atoms with E-state index in [-0.39, 0.29) is 23.8 Å². The lowest BCUT2D eigenvalue weighted by atomic mass is 9.72. The number of likely N-dealkylation sites (tertiary alicyclic amines) is 1. The first-order chi connectivity index (χ1) is 19.1. The molecule has 2 aliphatic heterocycles. The van der Waals surface area contributed by atoms with Crippen LogP contribution in [0.15, 0.2) is 66.7 Å². The Morgan fingerprint density at radius 3 is 2.26 bits per heavy atom. The average molecular weight is 527 g/mol. The Balaban J connectivity index is 1.42. The second-order valence-electron chi connectivity index (χ2n) is 11.0. The highest BCUT2D eigenvalue weighted by molar-refractivity contribution is 5.87. The summed E-state index contributed by atoms with van der Waals surface area (Å²) >= 11 is 0. The molecule has 6 heteroatoms. The fourth-order valence-electron chi connectivity index (χ4n) is 7.14. The smallest absolute Gasteiger partial charge is 0.229 e. The van der Waals surface area contributed by atoms with Gasteiger partial charge in [-0.15, -0.1) is 0 Å². The first kappa shape index (κ1) is 25.6. The van der Waals surface area contributed by atoms with Gasteiger partial charge in [0.2, 0.25) is 5.91 Å².